The van der Waals surface area contributed by atoms with Crippen molar-refractivity contribution in [3.05, 3.63) is 24.0 Å². The van der Waals surface area contributed by atoms with E-state index in [1.807, 2.05) is 0 Å². The Morgan fingerprint density at radius 2 is 2.18 bits per heavy atom. The second-order valence-electron chi connectivity index (χ2n) is 4.62. The summed E-state index contributed by atoms with van der Waals surface area (Å²) >= 11 is 0. The van der Waals surface area contributed by atoms with Crippen LogP contribution in [0.4, 0.5) is 0 Å². The van der Waals surface area contributed by atoms with Crippen LogP contribution in [0.1, 0.15) is 44.1 Å². The van der Waals surface area contributed by atoms with Gasteiger partial charge in [-0.3, -0.25) is 4.98 Å². The van der Waals surface area contributed by atoms with Gasteiger partial charge in [0.2, 0.25) is 0 Å². The van der Waals surface area contributed by atoms with Crippen molar-refractivity contribution in [1.82, 2.24) is 4.98 Å². The predicted octanol–water partition coefficient (Wildman–Crippen LogP) is 3.30. The number of nitrogens with zero attached hydrogens (tertiary/aromatic N) is 2. The van der Waals surface area contributed by atoms with E-state index in [-0.39, 0.29) is 0 Å². The Kier molecular flexibility index (Phi) is 4.37. The number of ether oxygens (including phenoxy) is 1. The second kappa shape index (κ2) is 6.24. The predicted molar refractivity (Wildman–Crippen MR) is 65.6 cm³/mol. The zero-order valence-electron chi connectivity index (χ0n) is 10.1. The minimum atomic E-state index is 0.524. The lowest BCUT2D eigenvalue weighted by molar-refractivity contribution is 0.245. The van der Waals surface area contributed by atoms with Gasteiger partial charge in [-0.15, -0.1) is 0 Å². The molecule has 0 aliphatic heterocycles. The van der Waals surface area contributed by atoms with Crippen LogP contribution in [0.3, 0.4) is 0 Å². The van der Waals surface area contributed by atoms with Gasteiger partial charge in [-0.1, -0.05) is 32.1 Å². The Morgan fingerprint density at radius 3 is 2.94 bits per heavy atom. The van der Waals surface area contributed by atoms with E-state index < -0.39 is 0 Å². The maximum absolute atomic E-state index is 8.90. The number of hydrogen-bond acceptors (Lipinski definition) is 3. The first-order chi connectivity index (χ1) is 8.40. The van der Waals surface area contributed by atoms with E-state index in [9.17, 15) is 0 Å². The molecule has 1 heterocycles. The average Bonchev–Trinajstić information content (AvgIpc) is 2.40. The highest BCUT2D eigenvalue weighted by molar-refractivity contribution is 5.39. The van der Waals surface area contributed by atoms with E-state index in [2.05, 4.69) is 11.1 Å². The van der Waals surface area contributed by atoms with Gasteiger partial charge in [0, 0.05) is 12.4 Å². The molecule has 90 valence electrons. The van der Waals surface area contributed by atoms with Gasteiger partial charge in [0.05, 0.1) is 6.61 Å². The molecular weight excluding hydrogens is 212 g/mol. The molecule has 1 fully saturated rings. The Bertz CT molecular complexity index is 391. The zero-order valence-corrected chi connectivity index (χ0v) is 10.1. The Morgan fingerprint density at radius 1 is 1.35 bits per heavy atom. The van der Waals surface area contributed by atoms with Crippen LogP contribution in [-0.2, 0) is 0 Å². The molecule has 1 saturated carbocycles. The number of aromatic nitrogens is 1. The van der Waals surface area contributed by atoms with Crippen LogP contribution in [-0.4, -0.2) is 11.6 Å². The quantitative estimate of drug-likeness (QED) is 0.797. The Hall–Kier alpha value is -1.56. The molecule has 0 aromatic carbocycles. The number of nitriles is 1. The summed E-state index contributed by atoms with van der Waals surface area (Å²) in [6.07, 6.45) is 11.1. The van der Waals surface area contributed by atoms with E-state index in [0.29, 0.717) is 17.9 Å². The first kappa shape index (κ1) is 11.9. The lowest BCUT2D eigenvalue weighted by Gasteiger charge is -2.21. The van der Waals surface area contributed by atoms with E-state index in [1.54, 1.807) is 18.5 Å². The molecule has 0 N–H and O–H groups in total. The van der Waals surface area contributed by atoms with Crippen LogP contribution in [0.2, 0.25) is 0 Å². The molecule has 0 bridgehead atoms. The first-order valence-corrected chi connectivity index (χ1v) is 6.37. The van der Waals surface area contributed by atoms with Gasteiger partial charge in [-0.25, -0.2) is 0 Å². The molecule has 3 nitrogen and oxygen atoms in total. The van der Waals surface area contributed by atoms with Gasteiger partial charge in [-0.2, -0.15) is 5.26 Å². The summed E-state index contributed by atoms with van der Waals surface area (Å²) in [7, 11) is 0. The van der Waals surface area contributed by atoms with Crippen LogP contribution in [0, 0.1) is 17.2 Å². The zero-order chi connectivity index (χ0) is 11.9. The fourth-order valence-corrected chi connectivity index (χ4v) is 2.40. The number of rotatable bonds is 4. The largest absolute Gasteiger partial charge is 0.492 e. The van der Waals surface area contributed by atoms with E-state index in [0.717, 1.165) is 12.3 Å². The van der Waals surface area contributed by atoms with Gasteiger partial charge >= 0.3 is 0 Å². The van der Waals surface area contributed by atoms with Crippen molar-refractivity contribution in [2.45, 2.75) is 38.5 Å². The third-order valence-corrected chi connectivity index (χ3v) is 3.41. The van der Waals surface area contributed by atoms with Crippen molar-refractivity contribution in [1.29, 1.82) is 5.26 Å². The van der Waals surface area contributed by atoms with Gasteiger partial charge in [0.1, 0.15) is 17.4 Å². The third kappa shape index (κ3) is 3.45. The summed E-state index contributed by atoms with van der Waals surface area (Å²) in [5.74, 6) is 1.48. The van der Waals surface area contributed by atoms with Crippen molar-refractivity contribution in [3.63, 3.8) is 0 Å². The highest BCUT2D eigenvalue weighted by atomic mass is 16.5. The fraction of sp³-hybridized carbons (Fsp3) is 0.571. The molecular formula is C14H18N2O. The lowest BCUT2D eigenvalue weighted by Crippen LogP contribution is -2.11. The van der Waals surface area contributed by atoms with Crippen molar-refractivity contribution in [2.24, 2.45) is 5.92 Å². The summed E-state index contributed by atoms with van der Waals surface area (Å²) in [6.45, 7) is 0.712. The first-order valence-electron chi connectivity index (χ1n) is 6.37. The standard InChI is InChI=1S/C14H18N2O/c15-10-13-11-16-8-6-14(13)17-9-7-12-4-2-1-3-5-12/h6,8,11-12H,1-5,7,9H2. The molecule has 0 atom stereocenters. The summed E-state index contributed by atoms with van der Waals surface area (Å²) < 4.78 is 5.67. The average molecular weight is 230 g/mol. The fourth-order valence-electron chi connectivity index (χ4n) is 2.40. The van der Waals surface area contributed by atoms with Crippen molar-refractivity contribution in [3.8, 4) is 11.8 Å². The van der Waals surface area contributed by atoms with Crippen LogP contribution in [0.15, 0.2) is 18.5 Å². The molecule has 1 aromatic rings. The molecule has 3 heteroatoms. The molecule has 1 aliphatic carbocycles. The van der Waals surface area contributed by atoms with Crippen LogP contribution < -0.4 is 4.74 Å². The third-order valence-electron chi connectivity index (χ3n) is 3.41. The maximum atomic E-state index is 8.90. The molecule has 1 aliphatic rings. The smallest absolute Gasteiger partial charge is 0.140 e. The topological polar surface area (TPSA) is 45.9 Å². The van der Waals surface area contributed by atoms with Gasteiger partial charge in [0.25, 0.3) is 0 Å². The summed E-state index contributed by atoms with van der Waals surface area (Å²) in [6, 6.07) is 3.86. The summed E-state index contributed by atoms with van der Waals surface area (Å²) in [4.78, 5) is 3.91. The molecule has 1 aromatic heterocycles. The van der Waals surface area contributed by atoms with Crippen molar-refractivity contribution in [2.75, 3.05) is 6.61 Å². The highest BCUT2D eigenvalue weighted by Crippen LogP contribution is 2.26. The Balaban J connectivity index is 1.79. The van der Waals surface area contributed by atoms with Crippen LogP contribution in [0.5, 0.6) is 5.75 Å². The van der Waals surface area contributed by atoms with E-state index in [1.165, 1.54) is 32.1 Å². The minimum Gasteiger partial charge on any atom is -0.492 e. The number of pyridine rings is 1. The highest BCUT2D eigenvalue weighted by Gasteiger charge is 2.13. The summed E-state index contributed by atoms with van der Waals surface area (Å²) in [5.41, 5.74) is 0.524. The van der Waals surface area contributed by atoms with Crippen LogP contribution in [0.25, 0.3) is 0 Å². The summed E-state index contributed by atoms with van der Waals surface area (Å²) in [5, 5.41) is 8.90. The SMILES string of the molecule is N#Cc1cnccc1OCCC1CCCCC1. The molecule has 0 saturated heterocycles. The maximum Gasteiger partial charge on any atom is 0.140 e. The van der Waals surface area contributed by atoms with Gasteiger partial charge in [0.15, 0.2) is 0 Å². The molecule has 0 radical (unpaired) electrons. The molecule has 2 rings (SSSR count). The lowest BCUT2D eigenvalue weighted by atomic mass is 9.87. The van der Waals surface area contributed by atoms with Gasteiger partial charge < -0.3 is 4.74 Å². The molecule has 0 unspecified atom stereocenters. The number of hydrogen-bond donors (Lipinski definition) is 0. The van der Waals surface area contributed by atoms with Crippen molar-refractivity contribution < 1.29 is 4.74 Å². The second-order valence-corrected chi connectivity index (χ2v) is 4.62. The molecule has 17 heavy (non-hydrogen) atoms. The molecule has 0 spiro atoms. The molecule has 0 amide bonds. The van der Waals surface area contributed by atoms with E-state index in [4.69, 9.17) is 10.00 Å². The van der Waals surface area contributed by atoms with E-state index >= 15 is 0 Å². The monoisotopic (exact) mass is 230 g/mol. The van der Waals surface area contributed by atoms with Crippen LogP contribution >= 0.6 is 0 Å². The normalized spacial score (nSPS) is 16.4. The van der Waals surface area contributed by atoms with Gasteiger partial charge in [-0.05, 0) is 18.4 Å². The Labute approximate surface area is 102 Å². The minimum absolute atomic E-state index is 0.524. The van der Waals surface area contributed by atoms with Crippen molar-refractivity contribution >= 4 is 0 Å².